The summed E-state index contributed by atoms with van der Waals surface area (Å²) in [5, 5.41) is 12.7. The van der Waals surface area contributed by atoms with Gasteiger partial charge in [-0.2, -0.15) is 11.8 Å². The van der Waals surface area contributed by atoms with E-state index < -0.39 is 17.9 Å². The Morgan fingerprint density at radius 1 is 1.31 bits per heavy atom. The summed E-state index contributed by atoms with van der Waals surface area (Å²) in [7, 11) is 0. The van der Waals surface area contributed by atoms with Crippen LogP contribution in [-0.2, 0) is 9.59 Å². The maximum Gasteiger partial charge on any atom is 0.328 e. The first-order valence-corrected chi connectivity index (χ1v) is 5.94. The van der Waals surface area contributed by atoms with Gasteiger partial charge in [-0.15, -0.1) is 0 Å². The van der Waals surface area contributed by atoms with Gasteiger partial charge in [0, 0.05) is 18.7 Å². The number of aliphatic carboxylic acids is 1. The lowest BCUT2D eigenvalue weighted by atomic mass is 10.4. The third-order valence-corrected chi connectivity index (χ3v) is 2.12. The zero-order valence-electron chi connectivity index (χ0n) is 8.86. The molecule has 0 aromatic heterocycles. The van der Waals surface area contributed by atoms with Crippen molar-refractivity contribution in [3.05, 3.63) is 12.2 Å². The molecule has 3 amide bonds. The number of amides is 3. The number of hydrogen-bond donors (Lipinski definition) is 3. The van der Waals surface area contributed by atoms with Crippen LogP contribution in [0.4, 0.5) is 4.79 Å². The van der Waals surface area contributed by atoms with Crippen molar-refractivity contribution in [1.29, 1.82) is 0 Å². The van der Waals surface area contributed by atoms with Crippen LogP contribution in [0.15, 0.2) is 12.2 Å². The average molecular weight is 246 g/mol. The lowest BCUT2D eigenvalue weighted by Gasteiger charge is -2.03. The van der Waals surface area contributed by atoms with Crippen molar-refractivity contribution < 1.29 is 19.5 Å². The monoisotopic (exact) mass is 246 g/mol. The predicted molar refractivity (Wildman–Crippen MR) is 61.3 cm³/mol. The largest absolute Gasteiger partial charge is 0.478 e. The van der Waals surface area contributed by atoms with Crippen molar-refractivity contribution in [1.82, 2.24) is 10.6 Å². The van der Waals surface area contributed by atoms with Crippen molar-refractivity contribution in [3.8, 4) is 0 Å². The molecule has 90 valence electrons. The van der Waals surface area contributed by atoms with Crippen LogP contribution in [0.1, 0.15) is 6.42 Å². The summed E-state index contributed by atoms with van der Waals surface area (Å²) >= 11 is 1.66. The molecule has 0 unspecified atom stereocenters. The number of nitrogens with one attached hydrogen (secondary N) is 2. The van der Waals surface area contributed by atoms with Crippen LogP contribution in [0.5, 0.6) is 0 Å². The molecule has 0 radical (unpaired) electrons. The molecule has 16 heavy (non-hydrogen) atoms. The van der Waals surface area contributed by atoms with Gasteiger partial charge in [0.2, 0.25) is 0 Å². The molecule has 0 heterocycles. The maximum atomic E-state index is 11.0. The highest BCUT2D eigenvalue weighted by atomic mass is 32.2. The third kappa shape index (κ3) is 9.07. The van der Waals surface area contributed by atoms with Gasteiger partial charge in [-0.25, -0.2) is 9.59 Å². The van der Waals surface area contributed by atoms with Gasteiger partial charge in [0.1, 0.15) is 0 Å². The molecule has 6 nitrogen and oxygen atoms in total. The highest BCUT2D eigenvalue weighted by Crippen LogP contribution is 1.92. The normalized spacial score (nSPS) is 10.1. The lowest BCUT2D eigenvalue weighted by Crippen LogP contribution is -2.39. The fourth-order valence-electron chi connectivity index (χ4n) is 0.763. The average Bonchev–Trinajstić information content (AvgIpc) is 2.21. The zero-order chi connectivity index (χ0) is 12.4. The summed E-state index contributed by atoms with van der Waals surface area (Å²) in [5.41, 5.74) is 0. The molecule has 0 saturated carbocycles. The number of carbonyl (C=O) groups is 3. The Kier molecular flexibility index (Phi) is 7.96. The van der Waals surface area contributed by atoms with E-state index >= 15 is 0 Å². The summed E-state index contributed by atoms with van der Waals surface area (Å²) in [6.45, 7) is 0.475. The third-order valence-electron chi connectivity index (χ3n) is 1.42. The number of hydrogen-bond acceptors (Lipinski definition) is 4. The van der Waals surface area contributed by atoms with Crippen LogP contribution in [-0.4, -0.2) is 41.6 Å². The minimum Gasteiger partial charge on any atom is -0.478 e. The highest BCUT2D eigenvalue weighted by Gasteiger charge is 2.03. The summed E-state index contributed by atoms with van der Waals surface area (Å²) in [6.07, 6.45) is 4.22. The van der Waals surface area contributed by atoms with Gasteiger partial charge >= 0.3 is 12.0 Å². The Balaban J connectivity index is 3.70. The van der Waals surface area contributed by atoms with Gasteiger partial charge in [0.25, 0.3) is 5.91 Å². The number of rotatable bonds is 6. The molecule has 0 saturated heterocycles. The quantitative estimate of drug-likeness (QED) is 0.460. The molecule has 0 atom stereocenters. The number of thioether (sulfide) groups is 1. The molecule has 0 spiro atoms. The molecular formula is C9H14N2O4S. The van der Waals surface area contributed by atoms with E-state index in [4.69, 9.17) is 5.11 Å². The minimum atomic E-state index is -1.24. The standard InChI is InChI=1S/C9H14N2O4S/c1-16-6-2-5-10-9(15)11-7(12)3-4-8(13)14/h3-4H,2,5-6H2,1H3,(H,13,14)(H2,10,11,12,15). The second-order valence-corrected chi connectivity index (χ2v) is 3.75. The van der Waals surface area contributed by atoms with E-state index in [-0.39, 0.29) is 0 Å². The number of imide groups is 1. The summed E-state index contributed by atoms with van der Waals surface area (Å²) in [6, 6.07) is -0.624. The van der Waals surface area contributed by atoms with Crippen LogP contribution >= 0.6 is 11.8 Å². The molecule has 0 aliphatic rings. The number of carboxylic acids is 1. The van der Waals surface area contributed by atoms with Gasteiger partial charge in [-0.1, -0.05) is 0 Å². The van der Waals surface area contributed by atoms with Crippen LogP contribution in [0, 0.1) is 0 Å². The van der Waals surface area contributed by atoms with Gasteiger partial charge in [-0.05, 0) is 18.4 Å². The van der Waals surface area contributed by atoms with E-state index in [0.29, 0.717) is 12.6 Å². The Bertz CT molecular complexity index is 291. The summed E-state index contributed by atoms with van der Waals surface area (Å²) < 4.78 is 0. The van der Waals surface area contributed by atoms with Crippen LogP contribution in [0.25, 0.3) is 0 Å². The topological polar surface area (TPSA) is 95.5 Å². The molecule has 0 fully saturated rings. The summed E-state index contributed by atoms with van der Waals surface area (Å²) in [4.78, 5) is 32.0. The maximum absolute atomic E-state index is 11.0. The molecule has 0 aromatic rings. The van der Waals surface area contributed by atoms with E-state index in [9.17, 15) is 14.4 Å². The van der Waals surface area contributed by atoms with Crippen LogP contribution in [0.2, 0.25) is 0 Å². The smallest absolute Gasteiger partial charge is 0.328 e. The molecule has 0 rings (SSSR count). The first kappa shape index (κ1) is 14.5. The SMILES string of the molecule is CSCCCNC(=O)NC(=O)C=CC(=O)O. The Hall–Kier alpha value is -1.50. The van der Waals surface area contributed by atoms with Crippen molar-refractivity contribution >= 4 is 29.7 Å². The van der Waals surface area contributed by atoms with Crippen molar-refractivity contribution in [2.75, 3.05) is 18.6 Å². The highest BCUT2D eigenvalue weighted by molar-refractivity contribution is 7.98. The van der Waals surface area contributed by atoms with E-state index in [0.717, 1.165) is 18.2 Å². The van der Waals surface area contributed by atoms with Crippen molar-refractivity contribution in [3.63, 3.8) is 0 Å². The molecule has 0 aliphatic heterocycles. The zero-order valence-corrected chi connectivity index (χ0v) is 9.67. The van der Waals surface area contributed by atoms with E-state index in [1.165, 1.54) is 0 Å². The number of carboxylic acid groups (broad SMARTS) is 1. The van der Waals surface area contributed by atoms with Gasteiger partial charge in [-0.3, -0.25) is 10.1 Å². The summed E-state index contributed by atoms with van der Waals surface area (Å²) in [5.74, 6) is -1.08. The van der Waals surface area contributed by atoms with Crippen molar-refractivity contribution in [2.45, 2.75) is 6.42 Å². The van der Waals surface area contributed by atoms with E-state index in [1.807, 2.05) is 11.6 Å². The second-order valence-electron chi connectivity index (χ2n) is 2.76. The van der Waals surface area contributed by atoms with Gasteiger partial charge in [0.15, 0.2) is 0 Å². The van der Waals surface area contributed by atoms with Gasteiger partial charge < -0.3 is 10.4 Å². The van der Waals surface area contributed by atoms with Crippen LogP contribution in [0.3, 0.4) is 0 Å². The van der Waals surface area contributed by atoms with E-state index in [2.05, 4.69) is 5.32 Å². The first-order chi connectivity index (χ1) is 7.56. The molecule has 0 aromatic carbocycles. The minimum absolute atomic E-state index is 0.475. The van der Waals surface area contributed by atoms with Crippen LogP contribution < -0.4 is 10.6 Å². The van der Waals surface area contributed by atoms with Gasteiger partial charge in [0.05, 0.1) is 0 Å². The Morgan fingerprint density at radius 3 is 2.56 bits per heavy atom. The van der Waals surface area contributed by atoms with E-state index in [1.54, 1.807) is 11.8 Å². The number of carbonyl (C=O) groups excluding carboxylic acids is 2. The second kappa shape index (κ2) is 8.78. The van der Waals surface area contributed by atoms with Crippen molar-refractivity contribution in [2.24, 2.45) is 0 Å². The fourth-order valence-corrected chi connectivity index (χ4v) is 1.20. The predicted octanol–water partition coefficient (Wildman–Crippen LogP) is 0.206. The molecule has 7 heteroatoms. The molecular weight excluding hydrogens is 232 g/mol. The molecule has 3 N–H and O–H groups in total. The molecule has 0 aliphatic carbocycles. The molecule has 0 bridgehead atoms. The lowest BCUT2D eigenvalue weighted by molar-refractivity contribution is -0.131. The fraction of sp³-hybridized carbons (Fsp3) is 0.444. The Labute approximate surface area is 97.5 Å². The number of urea groups is 1. The Morgan fingerprint density at radius 2 is 2.00 bits per heavy atom. The first-order valence-electron chi connectivity index (χ1n) is 4.55.